The average molecular weight is 499 g/mol. The zero-order chi connectivity index (χ0) is 21.9. The minimum atomic E-state index is 0.672. The number of hydrogen-bond donors (Lipinski definition) is 1. The summed E-state index contributed by atoms with van der Waals surface area (Å²) in [5.41, 5.74) is 3.89. The fourth-order valence-corrected chi connectivity index (χ4v) is 5.97. The summed E-state index contributed by atoms with van der Waals surface area (Å²) >= 11 is 16.5. The first-order valence-electron chi connectivity index (χ1n) is 10.5. The third kappa shape index (κ3) is 4.67. The maximum Gasteiger partial charge on any atom is 0.0796 e. The molecule has 0 amide bonds. The summed E-state index contributed by atoms with van der Waals surface area (Å²) in [4.78, 5) is 5.60. The summed E-state index contributed by atoms with van der Waals surface area (Å²) in [7, 11) is 0. The molecule has 1 aliphatic heterocycles. The SMILES string of the molecule is Clc1cc(N2CCCCS2)ccc1SNc1ccc(Cl)c(-c2nccc3ccccc23)c1. The molecular weight excluding hydrogens is 477 g/mol. The van der Waals surface area contributed by atoms with Crippen LogP contribution in [0.2, 0.25) is 10.0 Å². The molecule has 4 aromatic rings. The molecule has 0 atom stereocenters. The molecule has 0 spiro atoms. The van der Waals surface area contributed by atoms with Gasteiger partial charge in [-0.1, -0.05) is 47.5 Å². The summed E-state index contributed by atoms with van der Waals surface area (Å²) in [6.45, 7) is 1.07. The number of benzene rings is 3. The van der Waals surface area contributed by atoms with Gasteiger partial charge in [0.25, 0.3) is 0 Å². The van der Waals surface area contributed by atoms with Crippen molar-refractivity contribution in [2.24, 2.45) is 0 Å². The molecule has 0 bridgehead atoms. The van der Waals surface area contributed by atoms with E-state index in [4.69, 9.17) is 23.2 Å². The maximum absolute atomic E-state index is 6.60. The van der Waals surface area contributed by atoms with Crippen LogP contribution in [0.25, 0.3) is 22.0 Å². The van der Waals surface area contributed by atoms with Crippen LogP contribution in [0, 0.1) is 0 Å². The van der Waals surface area contributed by atoms with E-state index in [1.54, 1.807) is 0 Å². The molecule has 3 nitrogen and oxygen atoms in total. The lowest BCUT2D eigenvalue weighted by atomic mass is 10.0. The van der Waals surface area contributed by atoms with E-state index >= 15 is 0 Å². The van der Waals surface area contributed by atoms with Gasteiger partial charge >= 0.3 is 0 Å². The van der Waals surface area contributed by atoms with Crippen LogP contribution in [0.15, 0.2) is 77.8 Å². The van der Waals surface area contributed by atoms with Gasteiger partial charge in [0.2, 0.25) is 0 Å². The predicted octanol–water partition coefficient (Wildman–Crippen LogP) is 8.58. The Morgan fingerprint density at radius 2 is 1.84 bits per heavy atom. The Labute approximate surface area is 206 Å². The highest BCUT2D eigenvalue weighted by Crippen LogP contribution is 2.37. The maximum atomic E-state index is 6.60. The number of hydrogen-bond acceptors (Lipinski definition) is 5. The molecule has 0 saturated carbocycles. The summed E-state index contributed by atoms with van der Waals surface area (Å²) in [5.74, 6) is 1.17. The van der Waals surface area contributed by atoms with Gasteiger partial charge in [0, 0.05) is 45.7 Å². The van der Waals surface area contributed by atoms with Crippen molar-refractivity contribution in [3.05, 3.63) is 83.0 Å². The summed E-state index contributed by atoms with van der Waals surface area (Å²) in [5, 5.41) is 3.64. The van der Waals surface area contributed by atoms with Crippen LogP contribution in [0.5, 0.6) is 0 Å². The fourth-order valence-electron chi connectivity index (χ4n) is 3.75. The molecule has 1 N–H and O–H groups in total. The first-order valence-corrected chi connectivity index (χ1v) is 13.0. The number of pyridine rings is 1. The monoisotopic (exact) mass is 497 g/mol. The molecule has 0 unspecified atom stereocenters. The lowest BCUT2D eigenvalue weighted by Crippen LogP contribution is -2.20. The van der Waals surface area contributed by atoms with E-state index in [0.29, 0.717) is 5.02 Å². The van der Waals surface area contributed by atoms with Crippen LogP contribution in [0.4, 0.5) is 11.4 Å². The second-order valence-corrected chi connectivity index (χ2v) is 10.3. The molecule has 3 aromatic carbocycles. The smallest absolute Gasteiger partial charge is 0.0796 e. The number of rotatable bonds is 5. The van der Waals surface area contributed by atoms with Crippen molar-refractivity contribution in [2.45, 2.75) is 17.7 Å². The van der Waals surface area contributed by atoms with Gasteiger partial charge in [0.05, 0.1) is 15.7 Å². The quantitative estimate of drug-likeness (QED) is 0.278. The summed E-state index contributed by atoms with van der Waals surface area (Å²) in [6, 6.07) is 22.4. The van der Waals surface area contributed by atoms with Crippen LogP contribution in [0.1, 0.15) is 12.8 Å². The van der Waals surface area contributed by atoms with Gasteiger partial charge in [-0.25, -0.2) is 0 Å². The Kier molecular flexibility index (Phi) is 6.69. The number of aromatic nitrogens is 1. The number of fused-ring (bicyclic) bond motifs is 1. The Morgan fingerprint density at radius 1 is 0.938 bits per heavy atom. The first kappa shape index (κ1) is 21.8. The van der Waals surface area contributed by atoms with E-state index in [2.05, 4.69) is 44.3 Å². The highest BCUT2D eigenvalue weighted by atomic mass is 35.5. The van der Waals surface area contributed by atoms with Crippen molar-refractivity contribution in [3.63, 3.8) is 0 Å². The van der Waals surface area contributed by atoms with Crippen molar-refractivity contribution in [1.29, 1.82) is 0 Å². The van der Waals surface area contributed by atoms with E-state index in [0.717, 1.165) is 44.2 Å². The molecule has 1 aliphatic rings. The van der Waals surface area contributed by atoms with Gasteiger partial charge in [-0.3, -0.25) is 4.98 Å². The van der Waals surface area contributed by atoms with E-state index in [1.165, 1.54) is 36.2 Å². The summed E-state index contributed by atoms with van der Waals surface area (Å²) < 4.78 is 5.75. The second-order valence-electron chi connectivity index (χ2n) is 7.54. The van der Waals surface area contributed by atoms with Gasteiger partial charge in [-0.15, -0.1) is 0 Å². The van der Waals surface area contributed by atoms with Crippen LogP contribution in [-0.2, 0) is 0 Å². The summed E-state index contributed by atoms with van der Waals surface area (Å²) in [6.07, 6.45) is 4.34. The third-order valence-corrected chi connectivity index (χ3v) is 8.22. The fraction of sp³-hybridized carbons (Fsp3) is 0.160. The van der Waals surface area contributed by atoms with E-state index < -0.39 is 0 Å². The third-order valence-electron chi connectivity index (χ3n) is 5.38. The molecule has 2 heterocycles. The standard InChI is InChI=1S/C25H21Cl2N3S2/c26-22-9-7-18(15-21(22)25-20-6-2-1-5-17(20)11-12-28-25)29-32-24-10-8-19(16-23(24)27)30-13-3-4-14-31-30/h1-2,5-12,15-16,29H,3-4,13-14H2. The van der Waals surface area contributed by atoms with Crippen molar-refractivity contribution < 1.29 is 0 Å². The molecule has 7 heteroatoms. The first-order chi connectivity index (χ1) is 15.7. The Hall–Kier alpha value is -2.05. The molecule has 32 heavy (non-hydrogen) atoms. The lowest BCUT2D eigenvalue weighted by molar-refractivity contribution is 0.791. The van der Waals surface area contributed by atoms with Crippen LogP contribution < -0.4 is 9.03 Å². The second kappa shape index (κ2) is 9.84. The Balaban J connectivity index is 1.37. The van der Waals surface area contributed by atoms with Crippen molar-refractivity contribution in [3.8, 4) is 11.3 Å². The molecular formula is C25H21Cl2N3S2. The topological polar surface area (TPSA) is 28.2 Å². The van der Waals surface area contributed by atoms with Crippen molar-refractivity contribution in [1.82, 2.24) is 4.98 Å². The van der Waals surface area contributed by atoms with Crippen LogP contribution >= 0.6 is 47.1 Å². The minimum absolute atomic E-state index is 0.672. The van der Waals surface area contributed by atoms with Gasteiger partial charge in [0.15, 0.2) is 0 Å². The largest absolute Gasteiger partial charge is 0.326 e. The van der Waals surface area contributed by atoms with Gasteiger partial charge in [0.1, 0.15) is 0 Å². The Bertz CT molecular complexity index is 1250. The number of halogens is 2. The molecule has 162 valence electrons. The van der Waals surface area contributed by atoms with E-state index in [1.807, 2.05) is 54.5 Å². The average Bonchev–Trinajstić information content (AvgIpc) is 2.84. The normalized spacial score (nSPS) is 14.0. The number of nitrogens with zero attached hydrogens (tertiary/aromatic N) is 2. The molecule has 0 radical (unpaired) electrons. The predicted molar refractivity (Wildman–Crippen MR) is 142 cm³/mol. The van der Waals surface area contributed by atoms with E-state index in [9.17, 15) is 0 Å². The van der Waals surface area contributed by atoms with Crippen molar-refractivity contribution in [2.75, 3.05) is 21.3 Å². The highest BCUT2D eigenvalue weighted by molar-refractivity contribution is 8.01. The molecule has 0 aliphatic carbocycles. The molecule has 1 fully saturated rings. The van der Waals surface area contributed by atoms with E-state index in [-0.39, 0.29) is 0 Å². The Morgan fingerprint density at radius 3 is 2.69 bits per heavy atom. The lowest BCUT2D eigenvalue weighted by Gasteiger charge is -2.27. The molecule has 5 rings (SSSR count). The minimum Gasteiger partial charge on any atom is -0.326 e. The molecule has 1 saturated heterocycles. The number of anilines is 2. The molecule has 1 aromatic heterocycles. The van der Waals surface area contributed by atoms with Crippen LogP contribution in [0.3, 0.4) is 0 Å². The van der Waals surface area contributed by atoms with Crippen molar-refractivity contribution >= 4 is 69.2 Å². The van der Waals surface area contributed by atoms with Gasteiger partial charge < -0.3 is 9.03 Å². The van der Waals surface area contributed by atoms with Gasteiger partial charge in [-0.2, -0.15) is 0 Å². The highest BCUT2D eigenvalue weighted by Gasteiger charge is 2.14. The van der Waals surface area contributed by atoms with Crippen LogP contribution in [-0.4, -0.2) is 17.3 Å². The number of nitrogens with one attached hydrogen (secondary N) is 1. The zero-order valence-electron chi connectivity index (χ0n) is 17.2. The zero-order valence-corrected chi connectivity index (χ0v) is 20.4. The van der Waals surface area contributed by atoms with Gasteiger partial charge in [-0.05, 0) is 84.6 Å².